The minimum atomic E-state index is -1.02. The molecule has 0 bridgehead atoms. The van der Waals surface area contributed by atoms with Crippen molar-refractivity contribution < 1.29 is 4.21 Å². The van der Waals surface area contributed by atoms with E-state index in [0.29, 0.717) is 10.8 Å². The minimum absolute atomic E-state index is 0.439. The second kappa shape index (κ2) is 7.12. The Labute approximate surface area is 137 Å². The van der Waals surface area contributed by atoms with Crippen LogP contribution in [0.4, 0.5) is 0 Å². The Morgan fingerprint density at radius 2 is 1.73 bits per heavy atom. The number of nitrogens with zero attached hydrogens (tertiary/aromatic N) is 5. The zero-order chi connectivity index (χ0) is 15.5. The molecule has 2 aliphatic rings. The molecule has 1 N–H and O–H groups in total. The second-order valence-electron chi connectivity index (χ2n) is 5.63. The van der Waals surface area contributed by atoms with Gasteiger partial charge in [0.2, 0.25) is 0 Å². The second-order valence-corrected chi connectivity index (χ2v) is 7.88. The maximum Gasteiger partial charge on any atom is 0.178 e. The van der Waals surface area contributed by atoms with Crippen LogP contribution in [-0.4, -0.2) is 72.2 Å². The molecule has 0 saturated carbocycles. The summed E-state index contributed by atoms with van der Waals surface area (Å²) in [6.07, 6.45) is 3.54. The molecule has 0 amide bonds. The van der Waals surface area contributed by atoms with Gasteiger partial charge in [0.15, 0.2) is 22.0 Å². The Kier molecular flexibility index (Phi) is 5.17. The molecule has 1 unspecified atom stereocenters. The van der Waals surface area contributed by atoms with Crippen LogP contribution in [0.25, 0.3) is 0 Å². The van der Waals surface area contributed by atoms with Crippen LogP contribution in [0, 0.1) is 12.3 Å². The molecule has 3 rings (SSSR count). The minimum Gasteiger partial charge on any atom is -0.352 e. The predicted octanol–water partition coefficient (Wildman–Crippen LogP) is 0.854. The van der Waals surface area contributed by atoms with Gasteiger partial charge < -0.3 is 4.90 Å². The van der Waals surface area contributed by atoms with Gasteiger partial charge in [-0.1, -0.05) is 6.42 Å². The standard InChI is InChI=1S/C13H22N6OS2/c1-11-15-13(21-16-11)12(14)17-7-9-19(10-8-17)22(20)18-5-3-2-4-6-18/h14H,2-10H2,1H3. The van der Waals surface area contributed by atoms with E-state index in [1.807, 2.05) is 16.1 Å². The molecule has 1 aromatic heterocycles. The SMILES string of the molecule is Cc1nsc(C(=N)N2CCN(S(=O)N3CCCCC3)CC2)n1. The molecule has 2 fully saturated rings. The Bertz CT molecular complexity index is 548. The van der Waals surface area contributed by atoms with E-state index in [0.717, 1.165) is 57.9 Å². The number of amidine groups is 1. The molecule has 122 valence electrons. The highest BCUT2D eigenvalue weighted by Gasteiger charge is 2.28. The van der Waals surface area contributed by atoms with Crippen molar-refractivity contribution in [1.82, 2.24) is 22.9 Å². The number of piperidine rings is 1. The summed E-state index contributed by atoms with van der Waals surface area (Å²) in [6, 6.07) is 0. The van der Waals surface area contributed by atoms with Crippen molar-refractivity contribution in [1.29, 1.82) is 5.41 Å². The van der Waals surface area contributed by atoms with Crippen molar-refractivity contribution in [3.8, 4) is 0 Å². The van der Waals surface area contributed by atoms with Crippen LogP contribution in [0.1, 0.15) is 30.1 Å². The van der Waals surface area contributed by atoms with E-state index >= 15 is 0 Å². The fraction of sp³-hybridized carbons (Fsp3) is 0.769. The molecule has 9 heteroatoms. The lowest BCUT2D eigenvalue weighted by Crippen LogP contribution is -2.52. The highest BCUT2D eigenvalue weighted by Crippen LogP contribution is 2.16. The maximum atomic E-state index is 12.6. The molecule has 0 aromatic carbocycles. The van der Waals surface area contributed by atoms with Gasteiger partial charge in [-0.3, -0.25) is 5.41 Å². The van der Waals surface area contributed by atoms with Crippen molar-refractivity contribution >= 4 is 28.5 Å². The highest BCUT2D eigenvalue weighted by molar-refractivity contribution is 7.80. The third-order valence-electron chi connectivity index (χ3n) is 4.04. The molecule has 0 aliphatic carbocycles. The molecule has 0 spiro atoms. The van der Waals surface area contributed by atoms with Gasteiger partial charge in [-0.25, -0.2) is 17.8 Å². The molecular weight excluding hydrogens is 320 g/mol. The van der Waals surface area contributed by atoms with Gasteiger partial charge in [0.25, 0.3) is 0 Å². The van der Waals surface area contributed by atoms with Gasteiger partial charge in [0, 0.05) is 39.3 Å². The van der Waals surface area contributed by atoms with E-state index in [1.54, 1.807) is 0 Å². The lowest BCUT2D eigenvalue weighted by molar-refractivity contribution is 0.255. The highest BCUT2D eigenvalue weighted by atomic mass is 32.2. The van der Waals surface area contributed by atoms with Gasteiger partial charge >= 0.3 is 0 Å². The van der Waals surface area contributed by atoms with Gasteiger partial charge in [-0.05, 0) is 31.3 Å². The zero-order valence-corrected chi connectivity index (χ0v) is 14.5. The van der Waals surface area contributed by atoms with Crippen molar-refractivity contribution in [3.05, 3.63) is 10.8 Å². The summed E-state index contributed by atoms with van der Waals surface area (Å²) >= 11 is 0.255. The number of hydrogen-bond donors (Lipinski definition) is 1. The fourth-order valence-corrected chi connectivity index (χ4v) is 4.80. The summed E-state index contributed by atoms with van der Waals surface area (Å²) in [5.41, 5.74) is 0. The van der Waals surface area contributed by atoms with Gasteiger partial charge in [0.1, 0.15) is 5.82 Å². The van der Waals surface area contributed by atoms with Gasteiger partial charge in [-0.2, -0.15) is 4.37 Å². The van der Waals surface area contributed by atoms with E-state index < -0.39 is 11.2 Å². The monoisotopic (exact) mass is 342 g/mol. The molecule has 3 heterocycles. The molecule has 1 aromatic rings. The van der Waals surface area contributed by atoms with Crippen molar-refractivity contribution in [2.45, 2.75) is 26.2 Å². The lowest BCUT2D eigenvalue weighted by atomic mass is 10.2. The summed E-state index contributed by atoms with van der Waals surface area (Å²) in [4.78, 5) is 6.28. The first-order valence-electron chi connectivity index (χ1n) is 7.71. The number of hydrogen-bond acceptors (Lipinski definition) is 5. The summed E-state index contributed by atoms with van der Waals surface area (Å²) in [5.74, 6) is 1.16. The molecule has 2 saturated heterocycles. The van der Waals surface area contributed by atoms with E-state index in [9.17, 15) is 4.21 Å². The molecule has 2 aliphatic heterocycles. The molecule has 22 heavy (non-hydrogen) atoms. The smallest absolute Gasteiger partial charge is 0.178 e. The summed E-state index contributed by atoms with van der Waals surface area (Å²) in [7, 11) is 0. The first kappa shape index (κ1) is 16.0. The van der Waals surface area contributed by atoms with Crippen LogP contribution in [0.2, 0.25) is 0 Å². The quantitative estimate of drug-likeness (QED) is 0.653. The summed E-state index contributed by atoms with van der Waals surface area (Å²) < 4.78 is 20.8. The van der Waals surface area contributed by atoms with E-state index in [4.69, 9.17) is 5.41 Å². The molecule has 0 radical (unpaired) electrons. The third-order valence-corrected chi connectivity index (χ3v) is 6.47. The average Bonchev–Trinajstić information content (AvgIpc) is 3.01. The number of rotatable bonds is 3. The zero-order valence-electron chi connectivity index (χ0n) is 12.8. The van der Waals surface area contributed by atoms with Crippen molar-refractivity contribution in [2.24, 2.45) is 0 Å². The van der Waals surface area contributed by atoms with Crippen LogP contribution in [0.3, 0.4) is 0 Å². The van der Waals surface area contributed by atoms with Crippen LogP contribution in [0.15, 0.2) is 0 Å². The third kappa shape index (κ3) is 3.53. The van der Waals surface area contributed by atoms with Gasteiger partial charge in [-0.15, -0.1) is 0 Å². The van der Waals surface area contributed by atoms with Gasteiger partial charge in [0.05, 0.1) is 0 Å². The topological polar surface area (TPSA) is 76.4 Å². The summed E-state index contributed by atoms with van der Waals surface area (Å²) in [5, 5.41) is 8.91. The maximum absolute atomic E-state index is 12.6. The predicted molar refractivity (Wildman–Crippen MR) is 88.2 cm³/mol. The number of nitrogens with one attached hydrogen (secondary N) is 1. The van der Waals surface area contributed by atoms with E-state index in [-0.39, 0.29) is 0 Å². The average molecular weight is 342 g/mol. The van der Waals surface area contributed by atoms with Crippen molar-refractivity contribution in [2.75, 3.05) is 39.3 Å². The number of aromatic nitrogens is 2. The summed E-state index contributed by atoms with van der Waals surface area (Å²) in [6.45, 7) is 6.60. The van der Waals surface area contributed by atoms with Crippen LogP contribution in [-0.2, 0) is 11.2 Å². The molecular formula is C13H22N6OS2. The first-order chi connectivity index (χ1) is 10.6. The Morgan fingerprint density at radius 1 is 1.09 bits per heavy atom. The number of piperazine rings is 1. The molecule has 7 nitrogen and oxygen atoms in total. The fourth-order valence-electron chi connectivity index (χ4n) is 2.78. The van der Waals surface area contributed by atoms with Crippen molar-refractivity contribution in [3.63, 3.8) is 0 Å². The Balaban J connectivity index is 1.53. The Morgan fingerprint density at radius 3 is 2.32 bits per heavy atom. The van der Waals surface area contributed by atoms with Crippen LogP contribution in [0.5, 0.6) is 0 Å². The largest absolute Gasteiger partial charge is 0.352 e. The van der Waals surface area contributed by atoms with Crippen LogP contribution >= 0.6 is 11.5 Å². The lowest BCUT2D eigenvalue weighted by Gasteiger charge is -2.37. The normalized spacial score (nSPS) is 22.7. The number of aryl methyl sites for hydroxylation is 1. The van der Waals surface area contributed by atoms with Crippen LogP contribution < -0.4 is 0 Å². The van der Waals surface area contributed by atoms with E-state index in [2.05, 4.69) is 13.7 Å². The molecule has 1 atom stereocenters. The van der Waals surface area contributed by atoms with E-state index in [1.165, 1.54) is 18.0 Å². The first-order valence-corrected chi connectivity index (χ1v) is 9.55. The Hall–Kier alpha value is -0.900.